The van der Waals surface area contributed by atoms with Crippen LogP contribution in [-0.4, -0.2) is 55.6 Å². The fraction of sp³-hybridized carbons (Fsp3) is 0.400. The molecule has 0 amide bonds. The van der Waals surface area contributed by atoms with Gasteiger partial charge in [0.15, 0.2) is 0 Å². The van der Waals surface area contributed by atoms with E-state index in [0.717, 1.165) is 43.4 Å². The third-order valence-electron chi connectivity index (χ3n) is 4.09. The van der Waals surface area contributed by atoms with Gasteiger partial charge in [-0.3, -0.25) is 4.90 Å². The molecule has 6 heteroatoms. The molecule has 0 aromatic heterocycles. The molecule has 0 radical (unpaired) electrons. The Morgan fingerprint density at radius 2 is 1.54 bits per heavy atom. The summed E-state index contributed by atoms with van der Waals surface area (Å²) in [5.74, 6) is 1.53. The molecule has 1 unspecified atom stereocenters. The average molecular weight is 380 g/mol. The van der Waals surface area contributed by atoms with Crippen molar-refractivity contribution < 1.29 is 19.3 Å². The van der Waals surface area contributed by atoms with Gasteiger partial charge >= 0.3 is 0 Å². The second-order valence-electron chi connectivity index (χ2n) is 6.12. The molecule has 0 spiro atoms. The Labute approximate surface area is 160 Å². The zero-order valence-corrected chi connectivity index (χ0v) is 15.6. The van der Waals surface area contributed by atoms with Gasteiger partial charge in [0.25, 0.3) is 0 Å². The summed E-state index contributed by atoms with van der Waals surface area (Å²) in [6.45, 7) is 4.63. The van der Waals surface area contributed by atoms with Crippen molar-refractivity contribution in [3.05, 3.63) is 60.2 Å². The molecule has 1 heterocycles. The van der Waals surface area contributed by atoms with E-state index in [1.54, 1.807) is 0 Å². The maximum Gasteiger partial charge on any atom is 0.120 e. The highest BCUT2D eigenvalue weighted by atomic mass is 35.5. The van der Waals surface area contributed by atoms with E-state index in [2.05, 4.69) is 4.90 Å². The second-order valence-corrected chi connectivity index (χ2v) is 6.12. The number of ether oxygens (including phenoxy) is 3. The van der Waals surface area contributed by atoms with E-state index in [4.69, 9.17) is 14.2 Å². The second kappa shape index (κ2) is 11.0. The summed E-state index contributed by atoms with van der Waals surface area (Å²) in [4.78, 5) is 2.19. The highest BCUT2D eigenvalue weighted by Crippen LogP contribution is 2.19. The van der Waals surface area contributed by atoms with Gasteiger partial charge in [0.05, 0.1) is 13.2 Å². The van der Waals surface area contributed by atoms with E-state index in [1.807, 2.05) is 54.6 Å². The van der Waals surface area contributed by atoms with Crippen LogP contribution in [0.5, 0.6) is 11.5 Å². The van der Waals surface area contributed by atoms with Crippen LogP contribution >= 0.6 is 12.4 Å². The van der Waals surface area contributed by atoms with Crippen LogP contribution in [0, 0.1) is 0 Å². The number of aliphatic hydroxyl groups is 1. The standard InChI is InChI=1S/C20H25NO4.ClH/c22-18(14-21-10-12-23-13-11-21)16-25-20-8-6-19(7-9-20)24-15-17-4-2-1-3-5-17;/h1-9,18,22H,10-16H2;1H. The van der Waals surface area contributed by atoms with Gasteiger partial charge in [-0.15, -0.1) is 12.4 Å². The lowest BCUT2D eigenvalue weighted by atomic mass is 10.2. The molecule has 2 aromatic carbocycles. The number of benzene rings is 2. The Balaban J connectivity index is 0.00000243. The maximum atomic E-state index is 10.1. The first-order valence-corrected chi connectivity index (χ1v) is 8.67. The summed E-state index contributed by atoms with van der Waals surface area (Å²) in [6.07, 6.45) is -0.507. The van der Waals surface area contributed by atoms with Crippen molar-refractivity contribution in [1.29, 1.82) is 0 Å². The molecule has 0 aliphatic carbocycles. The number of β-amino-alcohol motifs (C(OH)–C–C–N with tert-alkyl or cyclic N) is 1. The molecule has 1 N–H and O–H groups in total. The van der Waals surface area contributed by atoms with Crippen LogP contribution in [0.3, 0.4) is 0 Å². The Bertz CT molecular complexity index is 617. The number of hydrogen-bond acceptors (Lipinski definition) is 5. The summed E-state index contributed by atoms with van der Waals surface area (Å²) < 4.78 is 16.7. The molecular formula is C20H26ClNO4. The lowest BCUT2D eigenvalue weighted by molar-refractivity contribution is 0.00465. The molecule has 1 atom stereocenters. The molecule has 1 saturated heterocycles. The van der Waals surface area contributed by atoms with Crippen LogP contribution in [0.25, 0.3) is 0 Å². The normalized spacial score (nSPS) is 15.7. The van der Waals surface area contributed by atoms with Crippen molar-refractivity contribution >= 4 is 12.4 Å². The molecule has 1 fully saturated rings. The van der Waals surface area contributed by atoms with Crippen LogP contribution in [0.15, 0.2) is 54.6 Å². The topological polar surface area (TPSA) is 51.2 Å². The van der Waals surface area contributed by atoms with Gasteiger partial charge in [0, 0.05) is 19.6 Å². The monoisotopic (exact) mass is 379 g/mol. The third kappa shape index (κ3) is 6.84. The lowest BCUT2D eigenvalue weighted by Crippen LogP contribution is -2.42. The largest absolute Gasteiger partial charge is 0.491 e. The molecule has 3 rings (SSSR count). The van der Waals surface area contributed by atoms with Crippen LogP contribution in [0.4, 0.5) is 0 Å². The van der Waals surface area contributed by atoms with Crippen molar-refractivity contribution in [2.24, 2.45) is 0 Å². The molecule has 1 aliphatic rings. The predicted molar refractivity (Wildman–Crippen MR) is 103 cm³/mol. The fourth-order valence-corrected chi connectivity index (χ4v) is 2.70. The molecular weight excluding hydrogens is 354 g/mol. The van der Waals surface area contributed by atoms with E-state index in [0.29, 0.717) is 13.2 Å². The lowest BCUT2D eigenvalue weighted by Gasteiger charge is -2.28. The van der Waals surface area contributed by atoms with E-state index < -0.39 is 6.10 Å². The van der Waals surface area contributed by atoms with E-state index in [9.17, 15) is 5.11 Å². The summed E-state index contributed by atoms with van der Waals surface area (Å²) >= 11 is 0. The van der Waals surface area contributed by atoms with Gasteiger partial charge in [0.1, 0.15) is 30.8 Å². The predicted octanol–water partition coefficient (Wildman–Crippen LogP) is 2.76. The van der Waals surface area contributed by atoms with Crippen molar-refractivity contribution in [3.63, 3.8) is 0 Å². The highest BCUT2D eigenvalue weighted by Gasteiger charge is 2.15. The highest BCUT2D eigenvalue weighted by molar-refractivity contribution is 5.85. The number of nitrogens with zero attached hydrogens (tertiary/aromatic N) is 1. The molecule has 26 heavy (non-hydrogen) atoms. The van der Waals surface area contributed by atoms with Crippen LogP contribution in [0.2, 0.25) is 0 Å². The number of morpholine rings is 1. The van der Waals surface area contributed by atoms with Gasteiger partial charge in [-0.1, -0.05) is 30.3 Å². The number of halogens is 1. The molecule has 2 aromatic rings. The minimum atomic E-state index is -0.507. The minimum absolute atomic E-state index is 0. The van der Waals surface area contributed by atoms with Gasteiger partial charge in [-0.2, -0.15) is 0 Å². The van der Waals surface area contributed by atoms with Crippen molar-refractivity contribution in [2.45, 2.75) is 12.7 Å². The quantitative estimate of drug-likeness (QED) is 0.764. The maximum absolute atomic E-state index is 10.1. The van der Waals surface area contributed by atoms with Crippen molar-refractivity contribution in [2.75, 3.05) is 39.5 Å². The smallest absolute Gasteiger partial charge is 0.120 e. The fourth-order valence-electron chi connectivity index (χ4n) is 2.70. The minimum Gasteiger partial charge on any atom is -0.491 e. The van der Waals surface area contributed by atoms with Crippen molar-refractivity contribution in [1.82, 2.24) is 4.90 Å². The molecule has 1 aliphatic heterocycles. The number of rotatable bonds is 8. The Morgan fingerprint density at radius 1 is 0.923 bits per heavy atom. The first kappa shape index (κ1) is 20.5. The van der Waals surface area contributed by atoms with E-state index >= 15 is 0 Å². The van der Waals surface area contributed by atoms with Gasteiger partial charge in [-0.25, -0.2) is 0 Å². The van der Waals surface area contributed by atoms with E-state index in [1.165, 1.54) is 0 Å². The van der Waals surface area contributed by atoms with Crippen LogP contribution < -0.4 is 9.47 Å². The zero-order chi connectivity index (χ0) is 17.3. The summed E-state index contributed by atoms with van der Waals surface area (Å²) in [6, 6.07) is 17.5. The van der Waals surface area contributed by atoms with Crippen LogP contribution in [0.1, 0.15) is 5.56 Å². The Kier molecular flexibility index (Phi) is 8.71. The van der Waals surface area contributed by atoms with Gasteiger partial charge in [0.2, 0.25) is 0 Å². The molecule has 5 nitrogen and oxygen atoms in total. The summed E-state index contributed by atoms with van der Waals surface area (Å²) in [5.41, 5.74) is 1.13. The average Bonchev–Trinajstić information content (AvgIpc) is 2.67. The number of aliphatic hydroxyl groups excluding tert-OH is 1. The third-order valence-corrected chi connectivity index (χ3v) is 4.09. The first-order valence-electron chi connectivity index (χ1n) is 8.67. The summed E-state index contributed by atoms with van der Waals surface area (Å²) in [7, 11) is 0. The summed E-state index contributed by atoms with van der Waals surface area (Å²) in [5, 5.41) is 10.1. The Morgan fingerprint density at radius 3 is 2.19 bits per heavy atom. The SMILES string of the molecule is Cl.OC(COc1ccc(OCc2ccccc2)cc1)CN1CCOCC1. The first-order chi connectivity index (χ1) is 12.3. The molecule has 142 valence electrons. The zero-order valence-electron chi connectivity index (χ0n) is 14.8. The van der Waals surface area contributed by atoms with E-state index in [-0.39, 0.29) is 19.0 Å². The molecule has 0 saturated carbocycles. The van der Waals surface area contributed by atoms with Crippen molar-refractivity contribution in [3.8, 4) is 11.5 Å². The van der Waals surface area contributed by atoms with Gasteiger partial charge < -0.3 is 19.3 Å². The number of hydrogen-bond donors (Lipinski definition) is 1. The van der Waals surface area contributed by atoms with Gasteiger partial charge in [-0.05, 0) is 29.8 Å². The Hall–Kier alpha value is -1.79. The van der Waals surface area contributed by atoms with Crippen LogP contribution in [-0.2, 0) is 11.3 Å². The molecule has 0 bridgehead atoms.